The third kappa shape index (κ3) is 12.1. The summed E-state index contributed by atoms with van der Waals surface area (Å²) in [6.07, 6.45) is 2.45. The normalized spacial score (nSPS) is 6.54. The van der Waals surface area contributed by atoms with Crippen LogP contribution in [0.2, 0.25) is 0 Å². The molecule has 1 aromatic carbocycles. The van der Waals surface area contributed by atoms with E-state index in [0.29, 0.717) is 0 Å². The van der Waals surface area contributed by atoms with Gasteiger partial charge in [-0.1, -0.05) is 43.7 Å². The van der Waals surface area contributed by atoms with Crippen LogP contribution in [-0.2, 0) is 6.42 Å². The zero-order valence-electron chi connectivity index (χ0n) is 7.43. The lowest BCUT2D eigenvalue weighted by molar-refractivity contribution is 0.922. The minimum absolute atomic E-state index is 0. The van der Waals surface area contributed by atoms with Gasteiger partial charge < -0.3 is 0 Å². The monoisotopic (exact) mass is 632 g/mol. The summed E-state index contributed by atoms with van der Waals surface area (Å²) in [5, 5.41) is 0. The molecule has 0 bridgehead atoms. The van der Waals surface area contributed by atoms with Crippen LogP contribution in [0.25, 0.3) is 0 Å². The van der Waals surface area contributed by atoms with Crippen LogP contribution in [0.15, 0.2) is 30.3 Å². The summed E-state index contributed by atoms with van der Waals surface area (Å²) in [7, 11) is 0. The highest BCUT2D eigenvalue weighted by molar-refractivity contribution is 14.0. The Kier molecular flexibility index (Phi) is 31.1. The van der Waals surface area contributed by atoms with Crippen LogP contribution in [0.1, 0.15) is 18.9 Å². The van der Waals surface area contributed by atoms with E-state index in [4.69, 9.17) is 0 Å². The Bertz CT molecular complexity index is 165. The number of aryl methyl sites for hydroxylation is 1. The molecule has 0 spiro atoms. The predicted molar refractivity (Wildman–Crippen MR) is 102 cm³/mol. The highest BCUT2D eigenvalue weighted by atomic mass is 127. The van der Waals surface area contributed by atoms with Gasteiger partial charge in [0.05, 0.1) is 0 Å². The van der Waals surface area contributed by atoms with Crippen molar-refractivity contribution in [3.8, 4) is 0 Å². The maximum Gasteiger partial charge on any atom is -0.0281 e. The summed E-state index contributed by atoms with van der Waals surface area (Å²) >= 11 is 0. The number of hydrogen-bond donors (Lipinski definition) is 0. The minimum atomic E-state index is 0. The average Bonchev–Trinajstić information content (AvgIpc) is 1.91. The quantitative estimate of drug-likeness (QED) is 0.398. The first-order valence-electron chi connectivity index (χ1n) is 3.47. The Labute approximate surface area is 149 Å². The molecule has 0 aliphatic heterocycles. The van der Waals surface area contributed by atoms with Gasteiger partial charge in [0.1, 0.15) is 0 Å². The molecular formula is C9H16I4. The van der Waals surface area contributed by atoms with Gasteiger partial charge in [0, 0.05) is 0 Å². The van der Waals surface area contributed by atoms with Gasteiger partial charge in [-0.25, -0.2) is 0 Å². The van der Waals surface area contributed by atoms with Crippen molar-refractivity contribution in [3.63, 3.8) is 0 Å². The topological polar surface area (TPSA) is 0 Å². The van der Waals surface area contributed by atoms with Gasteiger partial charge in [0.2, 0.25) is 0 Å². The van der Waals surface area contributed by atoms with Crippen molar-refractivity contribution in [1.82, 2.24) is 0 Å². The van der Waals surface area contributed by atoms with Crippen molar-refractivity contribution in [1.29, 1.82) is 0 Å². The lowest BCUT2D eigenvalue weighted by atomic mass is 10.1. The standard InChI is InChI=1S/C9H12.4HI/c1-2-6-9-7-4-3-5-8-9;;;;/h3-5,7-8H,2,6H2,1H3;4*1H. The summed E-state index contributed by atoms with van der Waals surface area (Å²) in [5.41, 5.74) is 1.44. The number of rotatable bonds is 2. The fraction of sp³-hybridized carbons (Fsp3) is 0.333. The molecule has 13 heavy (non-hydrogen) atoms. The third-order valence-corrected chi connectivity index (χ3v) is 1.38. The third-order valence-electron chi connectivity index (χ3n) is 1.38. The van der Waals surface area contributed by atoms with Crippen LogP contribution in [0.5, 0.6) is 0 Å². The molecule has 0 heterocycles. The number of hydrogen-bond acceptors (Lipinski definition) is 0. The smallest absolute Gasteiger partial charge is 0.0281 e. The van der Waals surface area contributed by atoms with Crippen LogP contribution >= 0.6 is 95.9 Å². The zero-order valence-corrected chi connectivity index (χ0v) is 16.8. The van der Waals surface area contributed by atoms with Gasteiger partial charge in [0.25, 0.3) is 0 Å². The van der Waals surface area contributed by atoms with Crippen molar-refractivity contribution in [3.05, 3.63) is 35.9 Å². The maximum absolute atomic E-state index is 2.20. The van der Waals surface area contributed by atoms with Crippen LogP contribution < -0.4 is 0 Å². The van der Waals surface area contributed by atoms with E-state index in [9.17, 15) is 0 Å². The fourth-order valence-corrected chi connectivity index (χ4v) is 0.933. The lowest BCUT2D eigenvalue weighted by Crippen LogP contribution is -1.78. The molecule has 80 valence electrons. The van der Waals surface area contributed by atoms with Crippen LogP contribution in [0.4, 0.5) is 0 Å². The van der Waals surface area contributed by atoms with Crippen molar-refractivity contribution < 1.29 is 0 Å². The molecule has 4 heteroatoms. The van der Waals surface area contributed by atoms with Crippen molar-refractivity contribution in [2.24, 2.45) is 0 Å². The Morgan fingerprint density at radius 3 is 1.69 bits per heavy atom. The van der Waals surface area contributed by atoms with Crippen LogP contribution in [-0.4, -0.2) is 0 Å². The van der Waals surface area contributed by atoms with E-state index >= 15 is 0 Å². The molecular weight excluding hydrogens is 616 g/mol. The molecule has 0 fully saturated rings. The summed E-state index contributed by atoms with van der Waals surface area (Å²) in [4.78, 5) is 0. The summed E-state index contributed by atoms with van der Waals surface area (Å²) in [6, 6.07) is 10.6. The highest BCUT2D eigenvalue weighted by Gasteiger charge is 1.84. The summed E-state index contributed by atoms with van der Waals surface area (Å²) in [6.45, 7) is 2.20. The Morgan fingerprint density at radius 1 is 0.846 bits per heavy atom. The van der Waals surface area contributed by atoms with E-state index in [2.05, 4.69) is 37.3 Å². The molecule has 0 saturated carbocycles. The summed E-state index contributed by atoms with van der Waals surface area (Å²) in [5.74, 6) is 0. The molecule has 0 aliphatic carbocycles. The van der Waals surface area contributed by atoms with Gasteiger partial charge in [-0.3, -0.25) is 0 Å². The molecule has 0 N–H and O–H groups in total. The Hall–Kier alpha value is 2.14. The average molecular weight is 632 g/mol. The van der Waals surface area contributed by atoms with E-state index < -0.39 is 0 Å². The first kappa shape index (κ1) is 24.4. The molecule has 0 saturated heterocycles. The molecule has 0 aromatic heterocycles. The molecule has 0 aliphatic rings. The lowest BCUT2D eigenvalue weighted by Gasteiger charge is -1.93. The molecule has 0 atom stereocenters. The maximum atomic E-state index is 2.20. The Morgan fingerprint density at radius 2 is 1.31 bits per heavy atom. The zero-order chi connectivity index (χ0) is 6.53. The number of benzene rings is 1. The van der Waals surface area contributed by atoms with Crippen LogP contribution in [0.3, 0.4) is 0 Å². The molecule has 0 unspecified atom stereocenters. The Balaban J connectivity index is -0.000000101. The fourth-order valence-electron chi connectivity index (χ4n) is 0.933. The van der Waals surface area contributed by atoms with Gasteiger partial charge in [-0.15, -0.1) is 95.9 Å². The first-order chi connectivity index (χ1) is 4.43. The van der Waals surface area contributed by atoms with E-state index in [0.717, 1.165) is 0 Å². The van der Waals surface area contributed by atoms with Crippen molar-refractivity contribution >= 4 is 95.9 Å². The SMILES string of the molecule is CCCc1ccccc1.I.I.I.I. The number of halogens is 4. The van der Waals surface area contributed by atoms with E-state index in [1.54, 1.807) is 0 Å². The van der Waals surface area contributed by atoms with Crippen molar-refractivity contribution in [2.45, 2.75) is 19.8 Å². The van der Waals surface area contributed by atoms with Gasteiger partial charge >= 0.3 is 0 Å². The van der Waals surface area contributed by atoms with Gasteiger partial charge in [-0.2, -0.15) is 0 Å². The van der Waals surface area contributed by atoms with E-state index in [-0.39, 0.29) is 95.9 Å². The van der Waals surface area contributed by atoms with Crippen molar-refractivity contribution in [2.75, 3.05) is 0 Å². The molecule has 0 radical (unpaired) electrons. The second-order valence-electron chi connectivity index (χ2n) is 2.24. The second kappa shape index (κ2) is 16.6. The molecule has 1 rings (SSSR count). The predicted octanol–water partition coefficient (Wildman–Crippen LogP) is 5.11. The first-order valence-corrected chi connectivity index (χ1v) is 3.47. The van der Waals surface area contributed by atoms with E-state index in [1.165, 1.54) is 18.4 Å². The summed E-state index contributed by atoms with van der Waals surface area (Å²) < 4.78 is 0. The minimum Gasteiger partial charge on any atom is -0.107 e. The largest absolute Gasteiger partial charge is 0.107 e. The van der Waals surface area contributed by atoms with Crippen LogP contribution in [0, 0.1) is 0 Å². The molecule has 0 amide bonds. The second-order valence-corrected chi connectivity index (χ2v) is 2.24. The van der Waals surface area contributed by atoms with Gasteiger partial charge in [-0.05, 0) is 12.0 Å². The molecule has 0 nitrogen and oxygen atoms in total. The highest BCUT2D eigenvalue weighted by Crippen LogP contribution is 2.00. The van der Waals surface area contributed by atoms with E-state index in [1.807, 2.05) is 0 Å². The van der Waals surface area contributed by atoms with Gasteiger partial charge in [0.15, 0.2) is 0 Å². The molecule has 1 aromatic rings.